The topological polar surface area (TPSA) is 74.6 Å². The molecule has 0 saturated heterocycles. The molecule has 0 radical (unpaired) electrons. The van der Waals surface area contributed by atoms with Crippen molar-refractivity contribution in [2.24, 2.45) is 0 Å². The largest absolute Gasteiger partial charge is 0.477 e. The predicted octanol–water partition coefficient (Wildman–Crippen LogP) is 2.85. The quantitative estimate of drug-likeness (QED) is 0.502. The van der Waals surface area contributed by atoms with Crippen LogP contribution in [0.2, 0.25) is 0 Å². The van der Waals surface area contributed by atoms with E-state index in [0.717, 1.165) is 5.56 Å². The van der Waals surface area contributed by atoms with Gasteiger partial charge in [0.25, 0.3) is 0 Å². The minimum Gasteiger partial charge on any atom is -0.477 e. The van der Waals surface area contributed by atoms with Gasteiger partial charge in [-0.3, -0.25) is 0 Å². The number of hydrogen-bond acceptors (Lipinski definition) is 2. The molecule has 2 aromatic carbocycles. The Morgan fingerprint density at radius 1 is 0.762 bits per heavy atom. The molecular weight excluding hydrogens is 268 g/mol. The summed E-state index contributed by atoms with van der Waals surface area (Å²) in [5.41, 5.74) is 1.16. The lowest BCUT2D eigenvalue weighted by Gasteiger charge is -2.11. The maximum atomic E-state index is 11.3. The molecule has 0 bridgehead atoms. The van der Waals surface area contributed by atoms with Crippen LogP contribution in [0.15, 0.2) is 66.2 Å². The van der Waals surface area contributed by atoms with E-state index in [-0.39, 0.29) is 6.42 Å². The highest BCUT2D eigenvalue weighted by Crippen LogP contribution is 2.24. The van der Waals surface area contributed by atoms with E-state index in [1.54, 1.807) is 30.3 Å². The lowest BCUT2D eigenvalue weighted by molar-refractivity contribution is -0.140. The molecule has 0 fully saturated rings. The van der Waals surface area contributed by atoms with Crippen molar-refractivity contribution in [3.8, 4) is 0 Å². The zero-order valence-corrected chi connectivity index (χ0v) is 11.2. The smallest absolute Gasteiger partial charge is 0.343 e. The average Bonchev–Trinajstić information content (AvgIpc) is 2.48. The monoisotopic (exact) mass is 282 g/mol. The molecule has 106 valence electrons. The van der Waals surface area contributed by atoms with Gasteiger partial charge in [-0.1, -0.05) is 60.7 Å². The number of hydrogen-bond donors (Lipinski definition) is 2. The van der Waals surface area contributed by atoms with Crippen LogP contribution in [0.3, 0.4) is 0 Å². The Hall–Kier alpha value is -2.88. The lowest BCUT2D eigenvalue weighted by Crippen LogP contribution is -2.15. The van der Waals surface area contributed by atoms with Crippen LogP contribution in [0.1, 0.15) is 11.1 Å². The normalized spacial score (nSPS) is 9.90. The number of carboxylic acid groups (broad SMARTS) is 2. The van der Waals surface area contributed by atoms with Crippen molar-refractivity contribution >= 4 is 17.5 Å². The molecule has 0 saturated carbocycles. The highest BCUT2D eigenvalue weighted by Gasteiger charge is 2.23. The van der Waals surface area contributed by atoms with Gasteiger partial charge in [0.1, 0.15) is 5.57 Å². The zero-order valence-electron chi connectivity index (χ0n) is 11.2. The summed E-state index contributed by atoms with van der Waals surface area (Å²) >= 11 is 0. The number of benzene rings is 2. The third kappa shape index (κ3) is 3.57. The molecule has 0 aromatic heterocycles. The zero-order chi connectivity index (χ0) is 15.2. The van der Waals surface area contributed by atoms with E-state index < -0.39 is 17.5 Å². The standard InChI is InChI=1S/C17H14O4/c18-16(19)15(17(20)21)14(13-9-5-2-6-10-13)11-12-7-3-1-4-8-12/h1-10H,11H2,(H,18,19)(H,20,21). The van der Waals surface area contributed by atoms with E-state index >= 15 is 0 Å². The van der Waals surface area contributed by atoms with Crippen molar-refractivity contribution in [2.45, 2.75) is 6.42 Å². The Morgan fingerprint density at radius 2 is 1.24 bits per heavy atom. The van der Waals surface area contributed by atoms with E-state index in [4.69, 9.17) is 0 Å². The Bertz CT molecular complexity index is 656. The second-order valence-corrected chi connectivity index (χ2v) is 4.49. The molecule has 0 atom stereocenters. The molecule has 2 N–H and O–H groups in total. The molecule has 0 aliphatic carbocycles. The predicted molar refractivity (Wildman–Crippen MR) is 78.8 cm³/mol. The van der Waals surface area contributed by atoms with Crippen LogP contribution in [-0.2, 0) is 16.0 Å². The first-order valence-corrected chi connectivity index (χ1v) is 6.38. The van der Waals surface area contributed by atoms with E-state index in [0.29, 0.717) is 11.1 Å². The van der Waals surface area contributed by atoms with Gasteiger partial charge in [-0.15, -0.1) is 0 Å². The van der Waals surface area contributed by atoms with Gasteiger partial charge in [0.15, 0.2) is 0 Å². The van der Waals surface area contributed by atoms with Crippen LogP contribution >= 0.6 is 0 Å². The van der Waals surface area contributed by atoms with E-state index in [2.05, 4.69) is 0 Å². The summed E-state index contributed by atoms with van der Waals surface area (Å²) in [7, 11) is 0. The van der Waals surface area contributed by atoms with E-state index in [9.17, 15) is 19.8 Å². The molecule has 0 aliphatic rings. The molecule has 4 heteroatoms. The van der Waals surface area contributed by atoms with Gasteiger partial charge in [-0.05, 0) is 23.1 Å². The Morgan fingerprint density at radius 3 is 1.71 bits per heavy atom. The van der Waals surface area contributed by atoms with Crippen LogP contribution in [0.4, 0.5) is 0 Å². The summed E-state index contributed by atoms with van der Waals surface area (Å²) in [6, 6.07) is 17.9. The van der Waals surface area contributed by atoms with Crippen molar-refractivity contribution in [3.05, 3.63) is 77.4 Å². The Kier molecular flexibility index (Phi) is 4.51. The molecular formula is C17H14O4. The molecule has 0 heterocycles. The maximum Gasteiger partial charge on any atom is 0.343 e. The summed E-state index contributed by atoms with van der Waals surface area (Å²) < 4.78 is 0. The number of carboxylic acids is 2. The van der Waals surface area contributed by atoms with Crippen molar-refractivity contribution in [1.82, 2.24) is 0 Å². The van der Waals surface area contributed by atoms with Crippen molar-refractivity contribution in [1.29, 1.82) is 0 Å². The van der Waals surface area contributed by atoms with Crippen molar-refractivity contribution in [2.75, 3.05) is 0 Å². The number of aliphatic carboxylic acids is 2. The van der Waals surface area contributed by atoms with Crippen molar-refractivity contribution in [3.63, 3.8) is 0 Å². The molecule has 0 aliphatic heterocycles. The SMILES string of the molecule is O=C(O)C(C(=O)O)=C(Cc1ccccc1)c1ccccc1. The van der Waals surface area contributed by atoms with Crippen molar-refractivity contribution < 1.29 is 19.8 Å². The van der Waals surface area contributed by atoms with Crippen LogP contribution in [-0.4, -0.2) is 22.2 Å². The first-order valence-electron chi connectivity index (χ1n) is 6.38. The minimum absolute atomic E-state index is 0.249. The van der Waals surface area contributed by atoms with E-state index in [1.807, 2.05) is 30.3 Å². The number of rotatable bonds is 5. The third-order valence-corrected chi connectivity index (χ3v) is 3.08. The average molecular weight is 282 g/mol. The highest BCUT2D eigenvalue weighted by molar-refractivity contribution is 6.18. The third-order valence-electron chi connectivity index (χ3n) is 3.08. The first-order chi connectivity index (χ1) is 10.1. The van der Waals surface area contributed by atoms with Crippen LogP contribution in [0.25, 0.3) is 5.57 Å². The van der Waals surface area contributed by atoms with Crippen LogP contribution in [0, 0.1) is 0 Å². The van der Waals surface area contributed by atoms with Gasteiger partial charge in [0, 0.05) is 0 Å². The van der Waals surface area contributed by atoms with Crippen LogP contribution in [0.5, 0.6) is 0 Å². The second-order valence-electron chi connectivity index (χ2n) is 4.49. The lowest BCUT2D eigenvalue weighted by atomic mass is 9.93. The summed E-state index contributed by atoms with van der Waals surface area (Å²) in [4.78, 5) is 22.6. The number of allylic oxidation sites excluding steroid dienone is 1. The molecule has 2 aromatic rings. The van der Waals surface area contributed by atoms with Gasteiger partial charge in [-0.25, -0.2) is 9.59 Å². The molecule has 21 heavy (non-hydrogen) atoms. The molecule has 0 spiro atoms. The molecule has 2 rings (SSSR count). The summed E-state index contributed by atoms with van der Waals surface area (Å²) in [5, 5.41) is 18.4. The summed E-state index contributed by atoms with van der Waals surface area (Å²) in [6.07, 6.45) is 0.249. The van der Waals surface area contributed by atoms with Crippen LogP contribution < -0.4 is 0 Å². The fourth-order valence-corrected chi connectivity index (χ4v) is 2.12. The van der Waals surface area contributed by atoms with E-state index in [1.165, 1.54) is 0 Å². The van der Waals surface area contributed by atoms with Gasteiger partial charge >= 0.3 is 11.9 Å². The molecule has 4 nitrogen and oxygen atoms in total. The molecule has 0 unspecified atom stereocenters. The maximum absolute atomic E-state index is 11.3. The Labute approximate surface area is 122 Å². The van der Waals surface area contributed by atoms with Gasteiger partial charge in [-0.2, -0.15) is 0 Å². The van der Waals surface area contributed by atoms with Gasteiger partial charge in [0.05, 0.1) is 0 Å². The number of carbonyl (C=O) groups is 2. The Balaban J connectivity index is 2.57. The fourth-order valence-electron chi connectivity index (χ4n) is 2.12. The minimum atomic E-state index is -1.43. The second kappa shape index (κ2) is 6.52. The summed E-state index contributed by atoms with van der Waals surface area (Å²) in [6.45, 7) is 0. The highest BCUT2D eigenvalue weighted by atomic mass is 16.4. The van der Waals surface area contributed by atoms with Gasteiger partial charge in [0.2, 0.25) is 0 Å². The fraction of sp³-hybridized carbons (Fsp3) is 0.0588. The first kappa shape index (κ1) is 14.5. The summed E-state index contributed by atoms with van der Waals surface area (Å²) in [5.74, 6) is -2.87. The van der Waals surface area contributed by atoms with Gasteiger partial charge < -0.3 is 10.2 Å². The molecule has 0 amide bonds.